The second kappa shape index (κ2) is 7.94. The summed E-state index contributed by atoms with van der Waals surface area (Å²) < 4.78 is 11.2. The van der Waals surface area contributed by atoms with Crippen molar-refractivity contribution in [3.05, 3.63) is 47.5 Å². The number of methoxy groups -OCH3 is 1. The molecule has 142 valence electrons. The van der Waals surface area contributed by atoms with Gasteiger partial charge in [-0.25, -0.2) is 4.98 Å². The number of ether oxygens (including phenoxy) is 2. The van der Waals surface area contributed by atoms with Gasteiger partial charge in [0.15, 0.2) is 0 Å². The second-order valence-corrected chi connectivity index (χ2v) is 7.31. The van der Waals surface area contributed by atoms with E-state index in [1.165, 1.54) is 12.0 Å². The molecule has 1 amide bonds. The van der Waals surface area contributed by atoms with Crippen molar-refractivity contribution < 1.29 is 14.3 Å². The number of hydrogen-bond acceptors (Lipinski definition) is 5. The number of hydrogen-bond donors (Lipinski definition) is 0. The van der Waals surface area contributed by atoms with Gasteiger partial charge in [-0.3, -0.25) is 9.78 Å². The lowest BCUT2D eigenvalue weighted by molar-refractivity contribution is 0.0717. The van der Waals surface area contributed by atoms with Gasteiger partial charge in [-0.15, -0.1) is 0 Å². The largest absolute Gasteiger partial charge is 0.497 e. The van der Waals surface area contributed by atoms with E-state index in [0.717, 1.165) is 56.0 Å². The van der Waals surface area contributed by atoms with Crippen LogP contribution in [-0.4, -0.2) is 47.6 Å². The Balaban J connectivity index is 1.43. The van der Waals surface area contributed by atoms with Crippen molar-refractivity contribution in [2.45, 2.75) is 32.1 Å². The van der Waals surface area contributed by atoms with Gasteiger partial charge in [0.2, 0.25) is 0 Å². The van der Waals surface area contributed by atoms with Crippen molar-refractivity contribution in [3.8, 4) is 11.5 Å². The number of likely N-dealkylation sites (tertiary alicyclic amines) is 1. The molecular weight excluding hydrogens is 342 g/mol. The molecular formula is C21H25N3O3. The first kappa shape index (κ1) is 17.8. The summed E-state index contributed by atoms with van der Waals surface area (Å²) in [6.07, 6.45) is 8.36. The van der Waals surface area contributed by atoms with E-state index in [1.54, 1.807) is 19.5 Å². The molecule has 0 aliphatic carbocycles. The summed E-state index contributed by atoms with van der Waals surface area (Å²) in [5, 5.41) is 0. The molecule has 27 heavy (non-hydrogen) atoms. The summed E-state index contributed by atoms with van der Waals surface area (Å²) in [5.74, 6) is 2.02. The topological polar surface area (TPSA) is 64.6 Å². The van der Waals surface area contributed by atoms with E-state index in [2.05, 4.69) is 16.0 Å². The Kier molecular flexibility index (Phi) is 5.23. The van der Waals surface area contributed by atoms with Crippen molar-refractivity contribution in [3.63, 3.8) is 0 Å². The molecule has 1 atom stereocenters. The lowest BCUT2D eigenvalue weighted by atomic mass is 9.93. The molecule has 6 heteroatoms. The second-order valence-electron chi connectivity index (χ2n) is 7.31. The minimum Gasteiger partial charge on any atom is -0.497 e. The Morgan fingerprint density at radius 2 is 2.11 bits per heavy atom. The van der Waals surface area contributed by atoms with Gasteiger partial charge in [0.05, 0.1) is 25.6 Å². The van der Waals surface area contributed by atoms with Crippen LogP contribution < -0.4 is 9.47 Å². The highest BCUT2D eigenvalue weighted by Gasteiger charge is 2.23. The van der Waals surface area contributed by atoms with Gasteiger partial charge in [0, 0.05) is 31.3 Å². The molecule has 1 unspecified atom stereocenters. The maximum absolute atomic E-state index is 12.7. The molecule has 1 aromatic carbocycles. The molecule has 6 nitrogen and oxygen atoms in total. The van der Waals surface area contributed by atoms with Crippen LogP contribution in [0.1, 0.15) is 41.0 Å². The molecule has 0 bridgehead atoms. The SMILES string of the molecule is COc1ccc2c(c1)OCC(Cc1cncc(C(=O)N3CCCCC3)n1)C2. The molecule has 2 aromatic rings. The Morgan fingerprint density at radius 1 is 1.26 bits per heavy atom. The van der Waals surface area contributed by atoms with E-state index >= 15 is 0 Å². The molecule has 0 saturated carbocycles. The van der Waals surface area contributed by atoms with Crippen molar-refractivity contribution in [2.24, 2.45) is 5.92 Å². The number of nitrogens with zero attached hydrogens (tertiary/aromatic N) is 3. The molecule has 4 rings (SSSR count). The summed E-state index contributed by atoms with van der Waals surface area (Å²) in [6, 6.07) is 5.95. The monoisotopic (exact) mass is 367 g/mol. The number of aromatic nitrogens is 2. The van der Waals surface area contributed by atoms with Crippen molar-refractivity contribution in [1.82, 2.24) is 14.9 Å². The van der Waals surface area contributed by atoms with E-state index < -0.39 is 0 Å². The minimum atomic E-state index is 0.00128. The fourth-order valence-corrected chi connectivity index (χ4v) is 3.84. The third kappa shape index (κ3) is 4.04. The van der Waals surface area contributed by atoms with Gasteiger partial charge in [0.25, 0.3) is 5.91 Å². The van der Waals surface area contributed by atoms with Gasteiger partial charge in [0.1, 0.15) is 17.2 Å². The third-order valence-corrected chi connectivity index (χ3v) is 5.30. The summed E-state index contributed by atoms with van der Waals surface area (Å²) in [4.78, 5) is 23.4. The molecule has 0 radical (unpaired) electrons. The third-order valence-electron chi connectivity index (χ3n) is 5.30. The van der Waals surface area contributed by atoms with Crippen LogP contribution in [-0.2, 0) is 12.8 Å². The highest BCUT2D eigenvalue weighted by atomic mass is 16.5. The number of carbonyl (C=O) groups is 1. The fourth-order valence-electron chi connectivity index (χ4n) is 3.84. The Bertz CT molecular complexity index is 818. The van der Waals surface area contributed by atoms with Gasteiger partial charge in [-0.05, 0) is 43.7 Å². The molecule has 1 aromatic heterocycles. The Hall–Kier alpha value is -2.63. The zero-order chi connectivity index (χ0) is 18.6. The van der Waals surface area contributed by atoms with Crippen LogP contribution in [0.15, 0.2) is 30.6 Å². The number of carbonyl (C=O) groups excluding carboxylic acids is 1. The van der Waals surface area contributed by atoms with Gasteiger partial charge in [-0.1, -0.05) is 6.07 Å². The average molecular weight is 367 g/mol. The quantitative estimate of drug-likeness (QED) is 0.831. The lowest BCUT2D eigenvalue weighted by Gasteiger charge is -2.27. The van der Waals surface area contributed by atoms with Crippen LogP contribution >= 0.6 is 0 Å². The number of fused-ring (bicyclic) bond motifs is 1. The predicted molar refractivity (Wildman–Crippen MR) is 101 cm³/mol. The van der Waals surface area contributed by atoms with E-state index in [1.807, 2.05) is 17.0 Å². The van der Waals surface area contributed by atoms with Crippen LogP contribution in [0, 0.1) is 5.92 Å². The summed E-state index contributed by atoms with van der Waals surface area (Å²) >= 11 is 0. The van der Waals surface area contributed by atoms with Crippen LogP contribution in [0.3, 0.4) is 0 Å². The molecule has 3 heterocycles. The highest BCUT2D eigenvalue weighted by Crippen LogP contribution is 2.31. The van der Waals surface area contributed by atoms with Crippen molar-refractivity contribution in [2.75, 3.05) is 26.8 Å². The molecule has 0 spiro atoms. The Morgan fingerprint density at radius 3 is 2.93 bits per heavy atom. The van der Waals surface area contributed by atoms with Crippen LogP contribution in [0.5, 0.6) is 11.5 Å². The molecule has 1 fully saturated rings. The zero-order valence-corrected chi connectivity index (χ0v) is 15.7. The number of rotatable bonds is 4. The first-order chi connectivity index (χ1) is 13.2. The summed E-state index contributed by atoms with van der Waals surface area (Å²) in [5.41, 5.74) is 2.49. The fraction of sp³-hybridized carbons (Fsp3) is 0.476. The van der Waals surface area contributed by atoms with Gasteiger partial charge >= 0.3 is 0 Å². The van der Waals surface area contributed by atoms with Crippen molar-refractivity contribution >= 4 is 5.91 Å². The Labute approximate surface area is 159 Å². The standard InChI is InChI=1S/C21H25N3O3/c1-26-18-6-5-16-9-15(14-27-20(16)11-18)10-17-12-22-13-19(23-17)21(25)24-7-3-2-4-8-24/h5-6,11-13,15H,2-4,7-10,14H2,1H3. The number of benzene rings is 1. The minimum absolute atomic E-state index is 0.00128. The van der Waals surface area contributed by atoms with E-state index in [4.69, 9.17) is 9.47 Å². The van der Waals surface area contributed by atoms with Crippen LogP contribution in [0.4, 0.5) is 0 Å². The normalized spacial score (nSPS) is 19.1. The lowest BCUT2D eigenvalue weighted by Crippen LogP contribution is -2.36. The first-order valence-electron chi connectivity index (χ1n) is 9.63. The molecule has 2 aliphatic rings. The smallest absolute Gasteiger partial charge is 0.274 e. The van der Waals surface area contributed by atoms with Crippen LogP contribution in [0.25, 0.3) is 0 Å². The molecule has 0 N–H and O–H groups in total. The van der Waals surface area contributed by atoms with E-state index in [0.29, 0.717) is 18.2 Å². The maximum atomic E-state index is 12.7. The summed E-state index contributed by atoms with van der Waals surface area (Å²) in [6.45, 7) is 2.27. The number of amides is 1. The van der Waals surface area contributed by atoms with Crippen molar-refractivity contribution in [1.29, 1.82) is 0 Å². The van der Waals surface area contributed by atoms with Gasteiger partial charge in [-0.2, -0.15) is 0 Å². The average Bonchev–Trinajstić information content (AvgIpc) is 2.73. The highest BCUT2D eigenvalue weighted by molar-refractivity contribution is 5.92. The summed E-state index contributed by atoms with van der Waals surface area (Å²) in [7, 11) is 1.66. The zero-order valence-electron chi connectivity index (χ0n) is 15.7. The van der Waals surface area contributed by atoms with E-state index in [9.17, 15) is 4.79 Å². The predicted octanol–water partition coefficient (Wildman–Crippen LogP) is 2.91. The molecule has 1 saturated heterocycles. The van der Waals surface area contributed by atoms with Crippen LogP contribution in [0.2, 0.25) is 0 Å². The molecule has 2 aliphatic heterocycles. The first-order valence-corrected chi connectivity index (χ1v) is 9.63. The van der Waals surface area contributed by atoms with Gasteiger partial charge < -0.3 is 14.4 Å². The maximum Gasteiger partial charge on any atom is 0.274 e. The number of piperidine rings is 1. The van der Waals surface area contributed by atoms with E-state index in [-0.39, 0.29) is 5.91 Å².